The molecule has 0 aliphatic rings. The summed E-state index contributed by atoms with van der Waals surface area (Å²) in [5.74, 6) is 1.40. The second kappa shape index (κ2) is 8.48. The average molecular weight is 466 g/mol. The maximum Gasteiger partial charge on any atom is 0.277 e. The number of halogens is 1. The summed E-state index contributed by atoms with van der Waals surface area (Å²) in [6.07, 6.45) is 0. The van der Waals surface area contributed by atoms with E-state index in [-0.39, 0.29) is 18.1 Å². The van der Waals surface area contributed by atoms with Gasteiger partial charge in [-0.15, -0.1) is 10.2 Å². The van der Waals surface area contributed by atoms with Crippen molar-refractivity contribution in [2.24, 2.45) is 0 Å². The largest absolute Gasteiger partial charge is 0.484 e. The van der Waals surface area contributed by atoms with Gasteiger partial charge in [-0.25, -0.2) is 0 Å². The average Bonchev–Trinajstić information content (AvgIpc) is 3.08. The van der Waals surface area contributed by atoms with Crippen molar-refractivity contribution in [1.29, 1.82) is 0 Å². The molecule has 25 heavy (non-hydrogen) atoms. The van der Waals surface area contributed by atoms with E-state index < -0.39 is 0 Å². The predicted molar refractivity (Wildman–Crippen MR) is 104 cm³/mol. The number of hydrogen-bond acceptors (Lipinski definition) is 6. The zero-order valence-corrected chi connectivity index (χ0v) is 16.4. The number of carbonyl (C=O) groups is 1. The molecule has 2 aromatic carbocycles. The number of carbonyl (C=O) groups excluding carboxylic acids is 1. The van der Waals surface area contributed by atoms with Gasteiger partial charge in [0.25, 0.3) is 11.1 Å². The quantitative estimate of drug-likeness (QED) is 0.290. The van der Waals surface area contributed by atoms with E-state index in [1.807, 2.05) is 55.5 Å². The molecule has 5 nitrogen and oxygen atoms in total. The number of aromatic nitrogens is 2. The van der Waals surface area contributed by atoms with E-state index in [9.17, 15) is 4.79 Å². The van der Waals surface area contributed by atoms with E-state index in [1.54, 1.807) is 0 Å². The summed E-state index contributed by atoms with van der Waals surface area (Å²) in [7, 11) is 0. The first-order chi connectivity index (χ1) is 12.1. The number of thioether (sulfide) groups is 1. The first-order valence-corrected chi connectivity index (χ1v) is 9.60. The lowest BCUT2D eigenvalue weighted by molar-refractivity contribution is 0.102. The third kappa shape index (κ3) is 5.30. The lowest BCUT2D eigenvalue weighted by Crippen LogP contribution is -2.02. The van der Waals surface area contributed by atoms with E-state index in [0.717, 1.165) is 9.32 Å². The van der Waals surface area contributed by atoms with Crippen LogP contribution >= 0.6 is 34.4 Å². The molecule has 0 bridgehead atoms. The Labute approximate surface area is 163 Å². The predicted octanol–water partition coefficient (Wildman–Crippen LogP) is 4.54. The molecule has 0 aliphatic heterocycles. The van der Waals surface area contributed by atoms with Crippen LogP contribution < -0.4 is 4.74 Å². The Morgan fingerprint density at radius 2 is 1.84 bits per heavy atom. The maximum absolute atomic E-state index is 12.1. The number of rotatable bonds is 7. The van der Waals surface area contributed by atoms with E-state index in [2.05, 4.69) is 32.8 Å². The molecule has 1 aromatic heterocycles. The van der Waals surface area contributed by atoms with Crippen LogP contribution in [0.25, 0.3) is 0 Å². The summed E-state index contributed by atoms with van der Waals surface area (Å²) in [5, 5.41) is 8.23. The van der Waals surface area contributed by atoms with E-state index in [4.69, 9.17) is 9.15 Å². The number of nitrogens with zero attached hydrogens (tertiary/aromatic N) is 2. The number of Topliss-reactive ketones (excluding diaryl/α,β-unsaturated/α-hetero) is 1. The summed E-state index contributed by atoms with van der Waals surface area (Å²) < 4.78 is 12.2. The van der Waals surface area contributed by atoms with Crippen LogP contribution in [0.3, 0.4) is 0 Å². The molecule has 3 rings (SSSR count). The molecule has 0 radical (unpaired) electrons. The summed E-state index contributed by atoms with van der Waals surface area (Å²) >= 11 is 3.43. The highest BCUT2D eigenvalue weighted by Gasteiger charge is 2.11. The van der Waals surface area contributed by atoms with Crippen LogP contribution in [-0.4, -0.2) is 21.7 Å². The number of hydrogen-bond donors (Lipinski definition) is 0. The molecule has 0 saturated heterocycles. The van der Waals surface area contributed by atoms with Crippen molar-refractivity contribution in [3.63, 3.8) is 0 Å². The first kappa shape index (κ1) is 17.9. The Balaban J connectivity index is 1.50. The van der Waals surface area contributed by atoms with Crippen molar-refractivity contribution in [2.45, 2.75) is 18.8 Å². The fourth-order valence-corrected chi connectivity index (χ4v) is 3.02. The molecule has 0 aliphatic carbocycles. The van der Waals surface area contributed by atoms with Gasteiger partial charge in [0.1, 0.15) is 5.75 Å². The SMILES string of the molecule is Cc1ccc(OCc2nnc(SCC(=O)c3ccc(I)cc3)o2)cc1. The van der Waals surface area contributed by atoms with Crippen LogP contribution in [0, 0.1) is 10.5 Å². The lowest BCUT2D eigenvalue weighted by Gasteiger charge is -2.02. The van der Waals surface area contributed by atoms with Crippen molar-refractivity contribution in [1.82, 2.24) is 10.2 Å². The number of ketones is 1. The number of aryl methyl sites for hydroxylation is 1. The summed E-state index contributed by atoms with van der Waals surface area (Å²) in [4.78, 5) is 12.1. The molecule has 0 atom stereocenters. The molecule has 0 fully saturated rings. The van der Waals surface area contributed by atoms with Gasteiger partial charge in [-0.1, -0.05) is 41.6 Å². The van der Waals surface area contributed by atoms with E-state index in [1.165, 1.54) is 17.3 Å². The minimum absolute atomic E-state index is 0.0251. The molecular weight excluding hydrogens is 451 g/mol. The topological polar surface area (TPSA) is 65.2 Å². The van der Waals surface area contributed by atoms with Crippen molar-refractivity contribution in [3.8, 4) is 5.75 Å². The molecule has 7 heteroatoms. The minimum atomic E-state index is 0.0251. The summed E-state index contributed by atoms with van der Waals surface area (Å²) in [6.45, 7) is 2.21. The third-order valence-electron chi connectivity index (χ3n) is 3.32. The summed E-state index contributed by atoms with van der Waals surface area (Å²) in [5.41, 5.74) is 1.84. The number of ether oxygens (including phenoxy) is 1. The van der Waals surface area contributed by atoms with Crippen molar-refractivity contribution in [2.75, 3.05) is 5.75 Å². The van der Waals surface area contributed by atoms with Crippen LogP contribution in [0.1, 0.15) is 21.8 Å². The van der Waals surface area contributed by atoms with Crippen molar-refractivity contribution < 1.29 is 13.9 Å². The Hall–Kier alpha value is -1.87. The molecular formula is C18H15IN2O3S. The molecule has 1 heterocycles. The zero-order chi connectivity index (χ0) is 17.6. The number of benzene rings is 2. The van der Waals surface area contributed by atoms with Crippen LogP contribution in [0.5, 0.6) is 5.75 Å². The van der Waals surface area contributed by atoms with Gasteiger partial charge >= 0.3 is 0 Å². The first-order valence-electron chi connectivity index (χ1n) is 7.53. The normalized spacial score (nSPS) is 10.6. The van der Waals surface area contributed by atoms with Crippen molar-refractivity contribution in [3.05, 3.63) is 69.1 Å². The molecule has 3 aromatic rings. The van der Waals surface area contributed by atoms with Crippen LogP contribution in [0.15, 0.2) is 58.2 Å². The molecule has 128 valence electrons. The molecule has 0 unspecified atom stereocenters. The molecule has 0 N–H and O–H groups in total. The van der Waals surface area contributed by atoms with Crippen LogP contribution in [-0.2, 0) is 6.61 Å². The Morgan fingerprint density at radius 3 is 2.56 bits per heavy atom. The second-order valence-corrected chi connectivity index (χ2v) is 7.45. The standard InChI is InChI=1S/C18H15IN2O3S/c1-12-2-8-15(9-3-12)23-10-17-20-21-18(24-17)25-11-16(22)13-4-6-14(19)7-5-13/h2-9H,10-11H2,1H3. The van der Waals surface area contributed by atoms with Crippen LogP contribution in [0.2, 0.25) is 0 Å². The zero-order valence-electron chi connectivity index (χ0n) is 13.4. The molecule has 0 saturated carbocycles. The third-order valence-corrected chi connectivity index (χ3v) is 4.86. The lowest BCUT2D eigenvalue weighted by atomic mass is 10.2. The Bertz CT molecular complexity index is 848. The Morgan fingerprint density at radius 1 is 1.12 bits per heavy atom. The maximum atomic E-state index is 12.1. The van der Waals surface area contributed by atoms with Crippen molar-refractivity contribution >= 4 is 40.1 Å². The summed E-state index contributed by atoms with van der Waals surface area (Å²) in [6, 6.07) is 15.2. The van der Waals surface area contributed by atoms with E-state index >= 15 is 0 Å². The van der Waals surface area contributed by atoms with Gasteiger partial charge in [-0.3, -0.25) is 4.79 Å². The van der Waals surface area contributed by atoms with E-state index in [0.29, 0.717) is 16.7 Å². The minimum Gasteiger partial charge on any atom is -0.484 e. The highest BCUT2D eigenvalue weighted by Crippen LogP contribution is 2.19. The van der Waals surface area contributed by atoms with Gasteiger partial charge < -0.3 is 9.15 Å². The second-order valence-electron chi connectivity index (χ2n) is 5.28. The highest BCUT2D eigenvalue weighted by atomic mass is 127. The van der Waals surface area contributed by atoms with Gasteiger partial charge in [0.2, 0.25) is 0 Å². The van der Waals surface area contributed by atoms with Gasteiger partial charge in [0.15, 0.2) is 12.4 Å². The van der Waals surface area contributed by atoms with Crippen LogP contribution in [0.4, 0.5) is 0 Å². The monoisotopic (exact) mass is 466 g/mol. The smallest absolute Gasteiger partial charge is 0.277 e. The Kier molecular flexibility index (Phi) is 6.09. The van der Waals surface area contributed by atoms with Gasteiger partial charge in [-0.2, -0.15) is 0 Å². The molecule has 0 spiro atoms. The van der Waals surface area contributed by atoms with Gasteiger partial charge in [0, 0.05) is 9.13 Å². The fourth-order valence-electron chi connectivity index (χ4n) is 1.98. The van der Waals surface area contributed by atoms with Gasteiger partial charge in [-0.05, 0) is 53.8 Å². The molecule has 0 amide bonds. The highest BCUT2D eigenvalue weighted by molar-refractivity contribution is 14.1. The fraction of sp³-hybridized carbons (Fsp3) is 0.167. The van der Waals surface area contributed by atoms with Gasteiger partial charge in [0.05, 0.1) is 5.75 Å².